The van der Waals surface area contributed by atoms with Gasteiger partial charge in [-0.1, -0.05) is 13.8 Å². The van der Waals surface area contributed by atoms with Crippen molar-refractivity contribution in [2.45, 2.75) is 83.3 Å². The third-order valence-corrected chi connectivity index (χ3v) is 6.88. The maximum Gasteiger partial charge on any atom is 1.00 e. The second-order valence-corrected chi connectivity index (χ2v) is 8.64. The van der Waals surface area contributed by atoms with Crippen LogP contribution in [-0.4, -0.2) is 35.9 Å². The summed E-state index contributed by atoms with van der Waals surface area (Å²) in [6.07, 6.45) is 1.48. The van der Waals surface area contributed by atoms with Gasteiger partial charge in [-0.15, -0.1) is 0 Å². The minimum absolute atomic E-state index is 0. The summed E-state index contributed by atoms with van der Waals surface area (Å²) in [7, 11) is 0. The smallest absolute Gasteiger partial charge is 0.550 e. The molecule has 5 fully saturated rings. The molecule has 0 amide bonds. The minimum atomic E-state index is -1.28. The Labute approximate surface area is 186 Å². The predicted molar refractivity (Wildman–Crippen MR) is 87.2 cm³/mol. The standard InChI is InChI=1S/C19H28O8.Na/c1-10-4-5-13-11(2)16(23-15(22)7-6-14(20)21)24-17-19(13)12(10)8-9-18(3,25-17)26-27-19;/h10-13,16-17H,4-9H2,1-3H3,(H,20,21);/q;+1/p-1/t10-,11-,12+,13+,16?,17-,18+,19?;/m1./s1. The number of carbonyl (C=O) groups excluding carboxylic acids is 2. The normalized spacial score (nSPS) is 46.7. The molecule has 4 aliphatic heterocycles. The molecule has 28 heavy (non-hydrogen) atoms. The van der Waals surface area contributed by atoms with Crippen molar-refractivity contribution in [3.05, 3.63) is 0 Å². The third kappa shape index (κ3) is 3.66. The summed E-state index contributed by atoms with van der Waals surface area (Å²) in [5.74, 6) is -2.17. The van der Waals surface area contributed by atoms with Crippen molar-refractivity contribution in [2.24, 2.45) is 23.7 Å². The fourth-order valence-corrected chi connectivity index (χ4v) is 5.40. The van der Waals surface area contributed by atoms with E-state index in [-0.39, 0.29) is 60.2 Å². The summed E-state index contributed by atoms with van der Waals surface area (Å²) in [5, 5.41) is 10.6. The Morgan fingerprint density at radius 3 is 2.57 bits per heavy atom. The number of fused-ring (bicyclic) bond motifs is 2. The number of rotatable bonds is 4. The van der Waals surface area contributed by atoms with Crippen LogP contribution < -0.4 is 34.7 Å². The Hall–Kier alpha value is -0.220. The van der Waals surface area contributed by atoms with Crippen LogP contribution in [0.2, 0.25) is 0 Å². The van der Waals surface area contributed by atoms with Crippen molar-refractivity contribution in [1.82, 2.24) is 0 Å². The molecule has 2 unspecified atom stereocenters. The zero-order chi connectivity index (χ0) is 19.4. The van der Waals surface area contributed by atoms with Crippen molar-refractivity contribution < 1.29 is 68.2 Å². The molecule has 0 N–H and O–H groups in total. The molecular weight excluding hydrogens is 379 g/mol. The number of ether oxygens (including phenoxy) is 3. The molecule has 5 aliphatic rings. The van der Waals surface area contributed by atoms with E-state index in [1.54, 1.807) is 0 Å². The number of aliphatic carboxylic acids is 1. The quantitative estimate of drug-likeness (QED) is 0.308. The molecule has 4 heterocycles. The molecule has 1 spiro atoms. The van der Waals surface area contributed by atoms with E-state index in [4.69, 9.17) is 24.0 Å². The second-order valence-electron chi connectivity index (χ2n) is 8.64. The van der Waals surface area contributed by atoms with E-state index in [0.717, 1.165) is 19.3 Å². The van der Waals surface area contributed by atoms with Gasteiger partial charge in [-0.3, -0.25) is 4.79 Å². The van der Waals surface area contributed by atoms with Crippen molar-refractivity contribution >= 4 is 11.9 Å². The van der Waals surface area contributed by atoms with Crippen LogP contribution in [0, 0.1) is 23.7 Å². The Balaban J connectivity index is 0.00000225. The van der Waals surface area contributed by atoms with E-state index in [1.165, 1.54) is 0 Å². The average molecular weight is 406 g/mol. The third-order valence-electron chi connectivity index (χ3n) is 6.88. The average Bonchev–Trinajstić information content (AvgIpc) is 2.84. The molecular formula is C19H27NaO8. The number of carboxylic acids is 1. The SMILES string of the molecule is C[C@@H]1CC[C@H]2[C@@H](C)C(OC(=O)CCC(=O)[O-])O[C@@H]3O[C@]4(C)CC[C@@H]1C32OO4.[Na+]. The zero-order valence-electron chi connectivity index (χ0n) is 17.0. The summed E-state index contributed by atoms with van der Waals surface area (Å²) >= 11 is 0. The van der Waals surface area contributed by atoms with Crippen LogP contribution in [-0.2, 0) is 33.6 Å². The molecule has 4 saturated heterocycles. The first kappa shape index (κ1) is 22.5. The first-order valence-electron chi connectivity index (χ1n) is 9.84. The first-order chi connectivity index (χ1) is 12.7. The van der Waals surface area contributed by atoms with Crippen LogP contribution in [0.3, 0.4) is 0 Å². The molecule has 1 aliphatic carbocycles. The van der Waals surface area contributed by atoms with Gasteiger partial charge < -0.3 is 24.1 Å². The van der Waals surface area contributed by atoms with Crippen LogP contribution in [0.5, 0.6) is 0 Å². The molecule has 5 rings (SSSR count). The van der Waals surface area contributed by atoms with E-state index < -0.39 is 35.9 Å². The van der Waals surface area contributed by atoms with Gasteiger partial charge in [0, 0.05) is 24.2 Å². The number of hydrogen-bond acceptors (Lipinski definition) is 8. The predicted octanol–water partition coefficient (Wildman–Crippen LogP) is -1.73. The van der Waals surface area contributed by atoms with Crippen LogP contribution in [0.25, 0.3) is 0 Å². The van der Waals surface area contributed by atoms with Gasteiger partial charge in [-0.25, -0.2) is 9.78 Å². The maximum atomic E-state index is 12.0. The maximum absolute atomic E-state index is 12.0. The van der Waals surface area contributed by atoms with Gasteiger partial charge in [0.2, 0.25) is 12.1 Å². The first-order valence-corrected chi connectivity index (χ1v) is 9.84. The van der Waals surface area contributed by atoms with Crippen molar-refractivity contribution in [3.8, 4) is 0 Å². The van der Waals surface area contributed by atoms with E-state index in [1.807, 2.05) is 13.8 Å². The van der Waals surface area contributed by atoms with Gasteiger partial charge in [-0.05, 0) is 44.4 Å². The summed E-state index contributed by atoms with van der Waals surface area (Å²) in [6.45, 7) is 6.04. The van der Waals surface area contributed by atoms with Crippen LogP contribution in [0.15, 0.2) is 0 Å². The minimum Gasteiger partial charge on any atom is -0.550 e. The molecule has 0 aromatic carbocycles. The Kier molecular flexibility index (Phi) is 6.53. The van der Waals surface area contributed by atoms with Crippen molar-refractivity contribution in [3.63, 3.8) is 0 Å². The summed E-state index contributed by atoms with van der Waals surface area (Å²) < 4.78 is 17.7. The van der Waals surface area contributed by atoms with E-state index >= 15 is 0 Å². The summed E-state index contributed by atoms with van der Waals surface area (Å²) in [6, 6.07) is 0. The van der Waals surface area contributed by atoms with Gasteiger partial charge in [0.25, 0.3) is 0 Å². The molecule has 0 aromatic rings. The fourth-order valence-electron chi connectivity index (χ4n) is 5.40. The van der Waals surface area contributed by atoms with Crippen LogP contribution in [0.4, 0.5) is 0 Å². The van der Waals surface area contributed by atoms with Crippen LogP contribution in [0.1, 0.15) is 59.3 Å². The molecule has 152 valence electrons. The van der Waals surface area contributed by atoms with Gasteiger partial charge in [0.15, 0.2) is 11.9 Å². The number of hydrogen-bond donors (Lipinski definition) is 0. The van der Waals surface area contributed by atoms with Crippen molar-refractivity contribution in [1.29, 1.82) is 0 Å². The molecule has 8 atom stereocenters. The number of esters is 1. The van der Waals surface area contributed by atoms with Gasteiger partial charge >= 0.3 is 35.5 Å². The van der Waals surface area contributed by atoms with E-state index in [2.05, 4.69) is 6.92 Å². The molecule has 1 saturated carbocycles. The monoisotopic (exact) mass is 406 g/mol. The van der Waals surface area contributed by atoms with Gasteiger partial charge in [0.05, 0.1) is 6.42 Å². The topological polar surface area (TPSA) is 103 Å². The van der Waals surface area contributed by atoms with Crippen LogP contribution >= 0.6 is 0 Å². The largest absolute Gasteiger partial charge is 1.00 e. The van der Waals surface area contributed by atoms with Gasteiger partial charge in [-0.2, -0.15) is 0 Å². The molecule has 9 heteroatoms. The summed E-state index contributed by atoms with van der Waals surface area (Å²) in [5.41, 5.74) is -0.707. The Bertz CT molecular complexity index is 629. The van der Waals surface area contributed by atoms with E-state index in [9.17, 15) is 14.7 Å². The molecule has 2 bridgehead atoms. The molecule has 8 nitrogen and oxygen atoms in total. The fraction of sp³-hybridized carbons (Fsp3) is 0.895. The number of carbonyl (C=O) groups is 2. The van der Waals surface area contributed by atoms with E-state index in [0.29, 0.717) is 12.3 Å². The van der Waals surface area contributed by atoms with Crippen molar-refractivity contribution in [2.75, 3.05) is 0 Å². The summed E-state index contributed by atoms with van der Waals surface area (Å²) in [4.78, 5) is 34.4. The van der Waals surface area contributed by atoms with Gasteiger partial charge in [0.1, 0.15) is 0 Å². The number of carboxylic acid groups (broad SMARTS) is 1. The molecule has 0 radical (unpaired) electrons. The zero-order valence-corrected chi connectivity index (χ0v) is 19.0. The Morgan fingerprint density at radius 2 is 1.86 bits per heavy atom. The second kappa shape index (κ2) is 8.13. The Morgan fingerprint density at radius 1 is 1.11 bits per heavy atom. The molecule has 0 aromatic heterocycles.